The van der Waals surface area contributed by atoms with Crippen molar-refractivity contribution in [2.24, 2.45) is 0 Å². The van der Waals surface area contributed by atoms with Crippen molar-refractivity contribution in [3.8, 4) is 0 Å². The van der Waals surface area contributed by atoms with Gasteiger partial charge in [-0.3, -0.25) is 0 Å². The molecule has 0 spiro atoms. The van der Waals surface area contributed by atoms with E-state index in [-0.39, 0.29) is 5.97 Å². The Balaban J connectivity index is 2.99. The van der Waals surface area contributed by atoms with Crippen molar-refractivity contribution in [2.45, 2.75) is 46.7 Å². The Hall–Kier alpha value is -1.12. The summed E-state index contributed by atoms with van der Waals surface area (Å²) in [4.78, 5) is 11.7. The molecule has 0 aromatic heterocycles. The van der Waals surface area contributed by atoms with E-state index in [2.05, 4.69) is 0 Å². The minimum atomic E-state index is -1.08. The summed E-state index contributed by atoms with van der Waals surface area (Å²) >= 11 is 0. The summed E-state index contributed by atoms with van der Waals surface area (Å²) in [5.41, 5.74) is 3.40. The molecule has 90 valence electrons. The van der Waals surface area contributed by atoms with E-state index >= 15 is 0 Å². The van der Waals surface area contributed by atoms with Crippen molar-refractivity contribution in [3.63, 3.8) is 0 Å². The first-order valence-corrected chi connectivity index (χ1v) is 5.65. The van der Waals surface area contributed by atoms with Crippen molar-refractivity contribution in [1.29, 1.82) is 0 Å². The summed E-state index contributed by atoms with van der Waals surface area (Å²) < 4.78 is 18.4. The van der Waals surface area contributed by atoms with E-state index in [1.165, 1.54) is 6.92 Å². The highest BCUT2D eigenvalue weighted by molar-refractivity contribution is 5.90. The third-order valence-electron chi connectivity index (χ3n) is 3.02. The van der Waals surface area contributed by atoms with Gasteiger partial charge in [-0.2, -0.15) is 0 Å². The Morgan fingerprint density at radius 1 is 1.38 bits per heavy atom. The monoisotopic (exact) mass is 226 g/mol. The number of hydrogen-bond donors (Lipinski definition) is 0. The first kappa shape index (κ1) is 12.9. The number of alkyl halides is 1. The molecule has 0 radical (unpaired) electrons. The predicted molar refractivity (Wildman–Crippen MR) is 61.8 cm³/mol. The Morgan fingerprint density at radius 2 is 1.94 bits per heavy atom. The van der Waals surface area contributed by atoms with Crippen LogP contribution in [0.3, 0.4) is 0 Å². The number of esters is 1. The first-order chi connectivity index (χ1) is 7.47. The maximum absolute atomic E-state index is 13.5. The van der Waals surface area contributed by atoms with E-state index < -0.39 is 6.17 Å². The van der Waals surface area contributed by atoms with Crippen LogP contribution in [0.1, 0.15) is 40.5 Å². The lowest BCUT2D eigenvalue weighted by Crippen LogP contribution is -2.18. The Kier molecular flexibility index (Phi) is 4.27. The van der Waals surface area contributed by atoms with Crippen LogP contribution < -0.4 is 0 Å². The van der Waals surface area contributed by atoms with Gasteiger partial charge in [0.25, 0.3) is 0 Å². The van der Waals surface area contributed by atoms with Crippen LogP contribution in [0.2, 0.25) is 0 Å². The van der Waals surface area contributed by atoms with Gasteiger partial charge in [0.1, 0.15) is 6.17 Å². The highest BCUT2D eigenvalue weighted by Crippen LogP contribution is 2.32. The lowest BCUT2D eigenvalue weighted by Gasteiger charge is -2.22. The van der Waals surface area contributed by atoms with E-state index in [0.717, 1.165) is 11.1 Å². The van der Waals surface area contributed by atoms with Gasteiger partial charge in [0.15, 0.2) is 0 Å². The quantitative estimate of drug-likeness (QED) is 0.545. The molecule has 1 aliphatic carbocycles. The van der Waals surface area contributed by atoms with Gasteiger partial charge in [0.05, 0.1) is 6.61 Å². The van der Waals surface area contributed by atoms with Gasteiger partial charge in [-0.25, -0.2) is 9.18 Å². The van der Waals surface area contributed by atoms with Crippen LogP contribution in [-0.4, -0.2) is 18.7 Å². The van der Waals surface area contributed by atoms with Crippen LogP contribution in [-0.2, 0) is 9.53 Å². The number of hydrogen-bond acceptors (Lipinski definition) is 2. The van der Waals surface area contributed by atoms with E-state index in [4.69, 9.17) is 4.74 Å². The molecule has 3 heteroatoms. The Bertz CT molecular complexity index is 351. The van der Waals surface area contributed by atoms with Gasteiger partial charge in [-0.15, -0.1) is 0 Å². The molecule has 0 aromatic rings. The zero-order chi connectivity index (χ0) is 12.3. The number of halogens is 1. The van der Waals surface area contributed by atoms with Gasteiger partial charge in [-0.05, 0) is 39.7 Å². The number of carbonyl (C=O) groups is 1. The van der Waals surface area contributed by atoms with Crippen LogP contribution in [0.25, 0.3) is 0 Å². The fourth-order valence-corrected chi connectivity index (χ4v) is 1.88. The lowest BCUT2D eigenvalue weighted by molar-refractivity contribution is -0.138. The molecule has 0 saturated carbocycles. The summed E-state index contributed by atoms with van der Waals surface area (Å²) in [6, 6.07) is 0. The molecule has 0 aromatic carbocycles. The minimum absolute atomic E-state index is 0.331. The smallest absolute Gasteiger partial charge is 0.334 e. The van der Waals surface area contributed by atoms with Crippen LogP contribution in [0.15, 0.2) is 22.3 Å². The van der Waals surface area contributed by atoms with Gasteiger partial charge < -0.3 is 4.74 Å². The highest BCUT2D eigenvalue weighted by Gasteiger charge is 2.25. The summed E-state index contributed by atoms with van der Waals surface area (Å²) in [5, 5.41) is 0. The SMILES string of the molecule is CCOC(=O)C1=C([C@@H](C)F)CC(C)=C(C)C1. The van der Waals surface area contributed by atoms with Crippen molar-refractivity contribution < 1.29 is 13.9 Å². The molecule has 0 unspecified atom stereocenters. The van der Waals surface area contributed by atoms with E-state index in [9.17, 15) is 9.18 Å². The predicted octanol–water partition coefficient (Wildman–Crippen LogP) is 3.33. The molecule has 16 heavy (non-hydrogen) atoms. The van der Waals surface area contributed by atoms with Crippen LogP contribution in [0.4, 0.5) is 4.39 Å². The topological polar surface area (TPSA) is 26.3 Å². The van der Waals surface area contributed by atoms with Crippen molar-refractivity contribution in [1.82, 2.24) is 0 Å². The zero-order valence-electron chi connectivity index (χ0n) is 10.4. The second kappa shape index (κ2) is 5.28. The van der Waals surface area contributed by atoms with E-state index in [0.29, 0.717) is 30.6 Å². The van der Waals surface area contributed by atoms with Crippen molar-refractivity contribution in [3.05, 3.63) is 22.3 Å². The largest absolute Gasteiger partial charge is 0.463 e. The number of allylic oxidation sites excluding steroid dienone is 3. The molecule has 1 aliphatic rings. The highest BCUT2D eigenvalue weighted by atomic mass is 19.1. The molecular formula is C13H19FO2. The minimum Gasteiger partial charge on any atom is -0.463 e. The summed E-state index contributed by atoms with van der Waals surface area (Å²) in [6.07, 6.45) is -0.00575. The van der Waals surface area contributed by atoms with Crippen LogP contribution in [0.5, 0.6) is 0 Å². The van der Waals surface area contributed by atoms with Crippen LogP contribution >= 0.6 is 0 Å². The number of carbonyl (C=O) groups excluding carboxylic acids is 1. The Labute approximate surface area is 96.2 Å². The second-order valence-electron chi connectivity index (χ2n) is 4.25. The molecule has 0 fully saturated rings. The number of ether oxygens (including phenoxy) is 1. The van der Waals surface area contributed by atoms with Crippen molar-refractivity contribution >= 4 is 5.97 Å². The Morgan fingerprint density at radius 3 is 2.44 bits per heavy atom. The van der Waals surface area contributed by atoms with Gasteiger partial charge in [-0.1, -0.05) is 11.1 Å². The molecule has 0 heterocycles. The fraction of sp³-hybridized carbons (Fsp3) is 0.615. The van der Waals surface area contributed by atoms with Gasteiger partial charge in [0, 0.05) is 12.0 Å². The van der Waals surface area contributed by atoms with E-state index in [1.807, 2.05) is 13.8 Å². The van der Waals surface area contributed by atoms with Crippen LogP contribution in [0, 0.1) is 0 Å². The third-order valence-corrected chi connectivity index (χ3v) is 3.02. The summed E-state index contributed by atoms with van der Waals surface area (Å²) in [6.45, 7) is 7.53. The molecule has 0 amide bonds. The van der Waals surface area contributed by atoms with Gasteiger partial charge in [0.2, 0.25) is 0 Å². The normalized spacial score (nSPS) is 18.8. The molecule has 1 atom stereocenters. The molecule has 2 nitrogen and oxygen atoms in total. The maximum atomic E-state index is 13.5. The standard InChI is InChI=1S/C13H19FO2/c1-5-16-13(15)12-7-9(3)8(2)6-11(12)10(4)14/h10H,5-7H2,1-4H3/t10-/m1/s1. The maximum Gasteiger partial charge on any atom is 0.334 e. The average Bonchev–Trinajstić information content (AvgIpc) is 2.21. The summed E-state index contributed by atoms with van der Waals surface area (Å²) in [5.74, 6) is -0.367. The van der Waals surface area contributed by atoms with Crippen molar-refractivity contribution in [2.75, 3.05) is 6.61 Å². The van der Waals surface area contributed by atoms with E-state index in [1.54, 1.807) is 6.92 Å². The molecular weight excluding hydrogens is 207 g/mol. The zero-order valence-corrected chi connectivity index (χ0v) is 10.4. The molecule has 1 rings (SSSR count). The molecule has 0 aliphatic heterocycles. The molecule has 0 saturated heterocycles. The molecule has 0 N–H and O–H groups in total. The average molecular weight is 226 g/mol. The third kappa shape index (κ3) is 2.71. The lowest BCUT2D eigenvalue weighted by atomic mass is 9.85. The summed E-state index contributed by atoms with van der Waals surface area (Å²) in [7, 11) is 0. The van der Waals surface area contributed by atoms with Gasteiger partial charge >= 0.3 is 5.97 Å². The first-order valence-electron chi connectivity index (χ1n) is 5.65. The second-order valence-corrected chi connectivity index (χ2v) is 4.25. The fourth-order valence-electron chi connectivity index (χ4n) is 1.88. The molecule has 0 bridgehead atoms. The number of rotatable bonds is 3.